The Morgan fingerprint density at radius 3 is 1.73 bits per heavy atom. The predicted octanol–water partition coefficient (Wildman–Crippen LogP) is -8.92. The fourth-order valence-electron chi connectivity index (χ4n) is 0.482. The average molecular weight is 279 g/mol. The van der Waals surface area contributed by atoms with Crippen molar-refractivity contribution in [3.8, 4) is 0 Å². The van der Waals surface area contributed by atoms with E-state index in [9.17, 15) is 18.9 Å². The SMILES string of the molecule is NC(CC(O)P(=O)([O-])[O-])P(=O)(O)O.[Na+].[Na+]. The topological polar surface area (TPSA) is 167 Å². The van der Waals surface area contributed by atoms with Crippen LogP contribution in [0.3, 0.4) is 0 Å². The molecule has 0 aliphatic rings. The van der Waals surface area contributed by atoms with E-state index in [4.69, 9.17) is 20.6 Å². The molecular formula is C3H9NNa2O7P2. The van der Waals surface area contributed by atoms with E-state index in [-0.39, 0.29) is 59.1 Å². The normalized spacial score (nSPS) is 15.9. The number of hydrogen-bond acceptors (Lipinski definition) is 6. The van der Waals surface area contributed by atoms with Crippen molar-refractivity contribution in [1.29, 1.82) is 0 Å². The Morgan fingerprint density at radius 1 is 1.20 bits per heavy atom. The Kier molecular flexibility index (Phi) is 12.5. The fourth-order valence-corrected chi connectivity index (χ4v) is 1.61. The van der Waals surface area contributed by atoms with Crippen molar-refractivity contribution in [2.24, 2.45) is 5.73 Å². The van der Waals surface area contributed by atoms with E-state index in [0.29, 0.717) is 0 Å². The van der Waals surface area contributed by atoms with E-state index in [1.165, 1.54) is 0 Å². The summed E-state index contributed by atoms with van der Waals surface area (Å²) in [6, 6.07) is 0. The molecule has 0 aliphatic carbocycles. The second-order valence-corrected chi connectivity index (χ2v) is 5.93. The van der Waals surface area contributed by atoms with Crippen molar-refractivity contribution in [3.63, 3.8) is 0 Å². The Bertz CT molecular complexity index is 237. The summed E-state index contributed by atoms with van der Waals surface area (Å²) >= 11 is 0. The zero-order chi connectivity index (χ0) is 10.9. The molecule has 8 nitrogen and oxygen atoms in total. The third-order valence-corrected chi connectivity index (χ3v) is 3.27. The van der Waals surface area contributed by atoms with Gasteiger partial charge in [0, 0.05) is 6.42 Å². The molecule has 0 aromatic carbocycles. The van der Waals surface area contributed by atoms with Crippen LogP contribution in [0.25, 0.3) is 0 Å². The summed E-state index contributed by atoms with van der Waals surface area (Å²) in [5.74, 6) is -4.21. The quantitative estimate of drug-likeness (QED) is 0.290. The summed E-state index contributed by atoms with van der Waals surface area (Å²) in [6.45, 7) is 0. The van der Waals surface area contributed by atoms with Crippen LogP contribution in [0.2, 0.25) is 0 Å². The first-order valence-electron chi connectivity index (χ1n) is 3.05. The van der Waals surface area contributed by atoms with Crippen LogP contribution in [0, 0.1) is 0 Å². The summed E-state index contributed by atoms with van der Waals surface area (Å²) in [4.78, 5) is 37.0. The van der Waals surface area contributed by atoms with Crippen molar-refractivity contribution in [2.75, 3.05) is 0 Å². The monoisotopic (exact) mass is 279 g/mol. The standard InChI is InChI=1S/C3H11NO7P2.2Na/c4-2(12(6,7)8)1-3(5)13(9,10)11;;/h2-3,5H,1,4H2,(H2,6,7,8)(H2,9,10,11);;/q;2*+1/p-2. The van der Waals surface area contributed by atoms with Crippen molar-refractivity contribution in [2.45, 2.75) is 18.0 Å². The van der Waals surface area contributed by atoms with Crippen molar-refractivity contribution >= 4 is 15.2 Å². The van der Waals surface area contributed by atoms with Gasteiger partial charge in [-0.15, -0.1) is 0 Å². The van der Waals surface area contributed by atoms with Crippen molar-refractivity contribution < 1.29 is 92.9 Å². The largest absolute Gasteiger partial charge is 1.00 e. The maximum Gasteiger partial charge on any atom is 1.00 e. The molecule has 0 radical (unpaired) electrons. The molecule has 0 spiro atoms. The number of nitrogens with two attached hydrogens (primary N) is 1. The zero-order valence-electron chi connectivity index (χ0n) is 8.31. The van der Waals surface area contributed by atoms with Crippen LogP contribution in [0.4, 0.5) is 0 Å². The molecule has 0 bridgehead atoms. The first-order chi connectivity index (χ1) is 5.55. The summed E-state index contributed by atoms with van der Waals surface area (Å²) in [6.07, 6.45) is -0.978. The van der Waals surface area contributed by atoms with Gasteiger partial charge in [0.2, 0.25) is 0 Å². The van der Waals surface area contributed by atoms with Gasteiger partial charge in [-0.05, 0) is 7.60 Å². The van der Waals surface area contributed by atoms with Gasteiger partial charge in [0.15, 0.2) is 0 Å². The Balaban J connectivity index is -0.000000720. The van der Waals surface area contributed by atoms with Crippen LogP contribution in [0.5, 0.6) is 0 Å². The molecule has 12 heteroatoms. The zero-order valence-corrected chi connectivity index (χ0v) is 14.1. The molecule has 0 fully saturated rings. The molecule has 0 aromatic heterocycles. The van der Waals surface area contributed by atoms with E-state index in [1.807, 2.05) is 0 Å². The molecule has 2 atom stereocenters. The third-order valence-electron chi connectivity index (χ3n) is 1.25. The second kappa shape index (κ2) is 8.34. The smallest absolute Gasteiger partial charge is 0.809 e. The van der Waals surface area contributed by atoms with Crippen molar-refractivity contribution in [1.82, 2.24) is 0 Å². The molecular weight excluding hydrogens is 270 g/mol. The van der Waals surface area contributed by atoms with Gasteiger partial charge in [-0.3, -0.25) is 4.57 Å². The van der Waals surface area contributed by atoms with E-state index < -0.39 is 33.2 Å². The first-order valence-corrected chi connectivity index (χ1v) is 6.35. The van der Waals surface area contributed by atoms with Gasteiger partial charge in [0.25, 0.3) is 0 Å². The average Bonchev–Trinajstić information content (AvgIpc) is 1.82. The molecule has 0 rings (SSSR count). The number of aliphatic hydroxyl groups is 1. The molecule has 15 heavy (non-hydrogen) atoms. The molecule has 0 amide bonds. The molecule has 0 aromatic rings. The molecule has 0 aliphatic heterocycles. The maximum absolute atomic E-state index is 10.4. The second-order valence-electron chi connectivity index (χ2n) is 2.41. The van der Waals surface area contributed by atoms with Gasteiger partial charge < -0.3 is 35.0 Å². The van der Waals surface area contributed by atoms with Gasteiger partial charge in [0.05, 0.1) is 5.85 Å². The third kappa shape index (κ3) is 9.88. The summed E-state index contributed by atoms with van der Waals surface area (Å²) < 4.78 is 20.5. The van der Waals surface area contributed by atoms with Crippen LogP contribution in [0.15, 0.2) is 0 Å². The Hall–Kier alpha value is 2.22. The van der Waals surface area contributed by atoms with E-state index in [0.717, 1.165) is 0 Å². The molecule has 80 valence electrons. The Labute approximate surface area is 131 Å². The number of hydrogen-bond donors (Lipinski definition) is 4. The minimum Gasteiger partial charge on any atom is -0.809 e. The molecule has 0 heterocycles. The predicted molar refractivity (Wildman–Crippen MR) is 38.2 cm³/mol. The molecule has 0 saturated carbocycles. The molecule has 5 N–H and O–H groups in total. The fraction of sp³-hybridized carbons (Fsp3) is 1.00. The van der Waals surface area contributed by atoms with Crippen LogP contribution in [-0.4, -0.2) is 26.5 Å². The van der Waals surface area contributed by atoms with Crippen LogP contribution < -0.4 is 74.6 Å². The van der Waals surface area contributed by atoms with Crippen LogP contribution in [0.1, 0.15) is 6.42 Å². The van der Waals surface area contributed by atoms with E-state index in [1.54, 1.807) is 0 Å². The molecule has 0 saturated heterocycles. The van der Waals surface area contributed by atoms with Gasteiger partial charge in [0.1, 0.15) is 5.78 Å². The maximum atomic E-state index is 10.4. The Morgan fingerprint density at radius 2 is 1.53 bits per heavy atom. The van der Waals surface area contributed by atoms with Crippen LogP contribution in [-0.2, 0) is 9.13 Å². The molecule has 2 unspecified atom stereocenters. The minimum atomic E-state index is -5.25. The van der Waals surface area contributed by atoms with Crippen LogP contribution >= 0.6 is 15.2 Å². The summed E-state index contributed by atoms with van der Waals surface area (Å²) in [7, 11) is -9.91. The number of rotatable bonds is 4. The summed E-state index contributed by atoms with van der Waals surface area (Å²) in [5.41, 5.74) is 4.83. The van der Waals surface area contributed by atoms with Gasteiger partial charge in [-0.1, -0.05) is 0 Å². The van der Waals surface area contributed by atoms with E-state index >= 15 is 0 Å². The number of aliphatic hydroxyl groups excluding tert-OH is 1. The van der Waals surface area contributed by atoms with Gasteiger partial charge in [-0.25, -0.2) is 0 Å². The summed E-state index contributed by atoms with van der Waals surface area (Å²) in [5, 5.41) is 8.61. The first kappa shape index (κ1) is 22.4. The van der Waals surface area contributed by atoms with Gasteiger partial charge >= 0.3 is 66.7 Å². The van der Waals surface area contributed by atoms with E-state index in [2.05, 4.69) is 0 Å². The van der Waals surface area contributed by atoms with Gasteiger partial charge in [-0.2, -0.15) is 0 Å². The van der Waals surface area contributed by atoms with Crippen molar-refractivity contribution in [3.05, 3.63) is 0 Å². The minimum absolute atomic E-state index is 0.